The maximum absolute atomic E-state index is 8.52. The summed E-state index contributed by atoms with van der Waals surface area (Å²) in [6.45, 7) is 17.9. The van der Waals surface area contributed by atoms with E-state index in [-0.39, 0.29) is 0 Å². The standard InChI is InChI=1S/3C4H10O.C4H7.W/c3*1-4(2,3)5;1-3-4-2;/h3*5H,1-3H3;3-4H2,1H3;. The number of rotatable bonds is 1. The van der Waals surface area contributed by atoms with Gasteiger partial charge in [0.15, 0.2) is 0 Å². The molecule has 0 spiro atoms. The molecule has 0 aromatic rings. The monoisotopic (exact) mass is 461 g/mol. The van der Waals surface area contributed by atoms with Crippen LogP contribution in [0.5, 0.6) is 0 Å². The molecule has 0 bridgehead atoms. The van der Waals surface area contributed by atoms with Gasteiger partial charge < -0.3 is 15.3 Å². The van der Waals surface area contributed by atoms with E-state index in [0.717, 1.165) is 0 Å². The summed E-state index contributed by atoms with van der Waals surface area (Å²) in [6.07, 6.45) is 2.43. The van der Waals surface area contributed by atoms with Crippen molar-refractivity contribution >= 4 is 0 Å². The van der Waals surface area contributed by atoms with Gasteiger partial charge >= 0.3 is 43.1 Å². The van der Waals surface area contributed by atoms with Gasteiger partial charge in [0.1, 0.15) is 0 Å². The second kappa shape index (κ2) is 14.3. The number of unbranched alkanes of at least 4 members (excludes halogenated alkanes) is 1. The molecule has 3 nitrogen and oxygen atoms in total. The second-order valence-electron chi connectivity index (χ2n) is 7.41. The van der Waals surface area contributed by atoms with Crippen LogP contribution in [0.25, 0.3) is 0 Å². The van der Waals surface area contributed by atoms with Crippen molar-refractivity contribution in [1.29, 1.82) is 0 Å². The van der Waals surface area contributed by atoms with Crippen LogP contribution in [0.3, 0.4) is 0 Å². The average molecular weight is 461 g/mol. The topological polar surface area (TPSA) is 60.7 Å². The molecule has 4 heteroatoms. The van der Waals surface area contributed by atoms with Gasteiger partial charge in [0, 0.05) is 0 Å². The van der Waals surface area contributed by atoms with Crippen LogP contribution in [-0.4, -0.2) is 32.1 Å². The molecule has 3 N–H and O–H groups in total. The van der Waals surface area contributed by atoms with E-state index in [4.69, 9.17) is 15.3 Å². The van der Waals surface area contributed by atoms with Crippen molar-refractivity contribution in [2.75, 3.05) is 0 Å². The average Bonchev–Trinajstić information content (AvgIpc) is 1.94. The van der Waals surface area contributed by atoms with Crippen molar-refractivity contribution in [1.82, 2.24) is 0 Å². The van der Waals surface area contributed by atoms with Crippen LogP contribution in [0.1, 0.15) is 82.1 Å². The van der Waals surface area contributed by atoms with Crippen LogP contribution in [0, 0.1) is 4.20 Å². The Hall–Kier alpha value is 0.348. The first-order valence-electron chi connectivity index (χ1n) is 6.94. The molecule has 0 amide bonds. The fourth-order valence-electron chi connectivity index (χ4n) is 0.102. The summed E-state index contributed by atoms with van der Waals surface area (Å²) in [7, 11) is 0. The molecule has 0 rings (SSSR count). The summed E-state index contributed by atoms with van der Waals surface area (Å²) >= 11 is 1.47. The van der Waals surface area contributed by atoms with Gasteiger partial charge in [-0.2, -0.15) is 0 Å². The molecular formula is C16H37O3W. The maximum atomic E-state index is 8.52. The van der Waals surface area contributed by atoms with Gasteiger partial charge in [-0.1, -0.05) is 0 Å². The second-order valence-corrected chi connectivity index (χ2v) is 8.44. The van der Waals surface area contributed by atoms with E-state index in [1.807, 2.05) is 0 Å². The van der Waals surface area contributed by atoms with Gasteiger partial charge in [-0.25, -0.2) is 0 Å². The van der Waals surface area contributed by atoms with Crippen molar-refractivity contribution < 1.29 is 34.5 Å². The Labute approximate surface area is 137 Å². The van der Waals surface area contributed by atoms with E-state index in [1.54, 1.807) is 62.3 Å². The summed E-state index contributed by atoms with van der Waals surface area (Å²) in [5, 5.41) is 25.6. The van der Waals surface area contributed by atoms with Crippen LogP contribution >= 0.6 is 0 Å². The van der Waals surface area contributed by atoms with E-state index in [1.165, 1.54) is 32.0 Å². The van der Waals surface area contributed by atoms with E-state index in [0.29, 0.717) is 0 Å². The van der Waals surface area contributed by atoms with Crippen LogP contribution in [0.4, 0.5) is 0 Å². The molecule has 0 aromatic heterocycles. The normalized spacial score (nSPS) is 10.6. The summed E-state index contributed by atoms with van der Waals surface area (Å²) in [6, 6.07) is 0. The van der Waals surface area contributed by atoms with Gasteiger partial charge in [-0.3, -0.25) is 0 Å². The summed E-state index contributed by atoms with van der Waals surface area (Å²) in [4.78, 5) is 0. The van der Waals surface area contributed by atoms with Crippen molar-refractivity contribution in [3.63, 3.8) is 0 Å². The van der Waals surface area contributed by atoms with Crippen molar-refractivity contribution in [3.8, 4) is 4.20 Å². The molecule has 0 saturated carbocycles. The third-order valence-corrected chi connectivity index (χ3v) is 1.09. The Balaban J connectivity index is -0.0000000853. The van der Waals surface area contributed by atoms with Crippen molar-refractivity contribution in [2.24, 2.45) is 0 Å². The predicted molar refractivity (Wildman–Crippen MR) is 84.7 cm³/mol. The Morgan fingerprint density at radius 3 is 0.850 bits per heavy atom. The molecule has 0 saturated heterocycles. The first kappa shape index (κ1) is 28.5. The van der Waals surface area contributed by atoms with Crippen LogP contribution < -0.4 is 0 Å². The number of aliphatic hydroxyl groups is 3. The van der Waals surface area contributed by atoms with Crippen LogP contribution in [-0.2, 0) is 19.2 Å². The van der Waals surface area contributed by atoms with E-state index in [9.17, 15) is 0 Å². The summed E-state index contributed by atoms with van der Waals surface area (Å²) in [5.41, 5.74) is -1.50. The van der Waals surface area contributed by atoms with E-state index in [2.05, 4.69) is 11.1 Å². The zero-order chi connectivity index (χ0) is 17.6. The minimum atomic E-state index is -0.500. The third-order valence-electron chi connectivity index (χ3n) is 0.352. The van der Waals surface area contributed by atoms with Crippen molar-refractivity contribution in [2.45, 2.75) is 98.9 Å². The van der Waals surface area contributed by atoms with Gasteiger partial charge in [-0.15, -0.1) is 0 Å². The molecule has 0 radical (unpaired) electrons. The van der Waals surface area contributed by atoms with Gasteiger partial charge in [0.25, 0.3) is 0 Å². The molecule has 125 valence electrons. The molecule has 0 fully saturated rings. The summed E-state index contributed by atoms with van der Waals surface area (Å²) in [5.74, 6) is 0. The molecule has 0 unspecified atom stereocenters. The Bertz CT molecular complexity index is 178. The molecule has 0 aliphatic carbocycles. The number of hydrogen-bond acceptors (Lipinski definition) is 3. The van der Waals surface area contributed by atoms with Crippen LogP contribution in [0.2, 0.25) is 0 Å². The molecular weight excluding hydrogens is 424 g/mol. The molecule has 0 heterocycles. The van der Waals surface area contributed by atoms with Crippen LogP contribution in [0.15, 0.2) is 0 Å². The molecule has 0 atom stereocenters. The predicted octanol–water partition coefficient (Wildman–Crippen LogP) is 3.62. The number of hydrogen-bond donors (Lipinski definition) is 3. The minimum absolute atomic E-state index is 0.500. The first-order chi connectivity index (χ1) is 8.41. The van der Waals surface area contributed by atoms with E-state index < -0.39 is 16.8 Å². The van der Waals surface area contributed by atoms with Gasteiger partial charge in [0.2, 0.25) is 0 Å². The first-order valence-corrected chi connectivity index (χ1v) is 8.40. The molecule has 0 aliphatic rings. The zero-order valence-corrected chi connectivity index (χ0v) is 18.1. The Morgan fingerprint density at radius 1 is 0.700 bits per heavy atom. The third kappa shape index (κ3) is 1000. The van der Waals surface area contributed by atoms with E-state index >= 15 is 0 Å². The SMILES string of the molecule is CC(C)(C)O.CC(C)(C)O.CC(C)(C)O.CCC[C]#[W]. The Morgan fingerprint density at radius 2 is 0.850 bits per heavy atom. The van der Waals surface area contributed by atoms with Gasteiger partial charge in [0.05, 0.1) is 16.8 Å². The quantitative estimate of drug-likeness (QED) is 0.559. The fraction of sp³-hybridized carbons (Fsp3) is 0.938. The molecule has 20 heavy (non-hydrogen) atoms. The van der Waals surface area contributed by atoms with Crippen molar-refractivity contribution in [3.05, 3.63) is 0 Å². The Kier molecular flexibility index (Phi) is 20.4. The van der Waals surface area contributed by atoms with Gasteiger partial charge in [-0.05, 0) is 62.3 Å². The molecule has 0 aromatic carbocycles. The fourth-order valence-corrected chi connectivity index (χ4v) is 0.835. The molecule has 0 aliphatic heterocycles. The summed E-state index contributed by atoms with van der Waals surface area (Å²) < 4.78 is 3.10. The zero-order valence-electron chi connectivity index (χ0n) is 15.2.